The summed E-state index contributed by atoms with van der Waals surface area (Å²) in [6.07, 6.45) is 1.08. The molecule has 1 unspecified atom stereocenters. The summed E-state index contributed by atoms with van der Waals surface area (Å²) in [5.74, 6) is -0.524. The normalized spacial score (nSPS) is 21.7. The van der Waals surface area contributed by atoms with Gasteiger partial charge in [0.1, 0.15) is 5.82 Å². The van der Waals surface area contributed by atoms with Crippen molar-refractivity contribution in [2.75, 3.05) is 50.7 Å². The van der Waals surface area contributed by atoms with Crippen LogP contribution in [0.4, 0.5) is 10.1 Å². The van der Waals surface area contributed by atoms with Gasteiger partial charge in [-0.1, -0.05) is 0 Å². The third kappa shape index (κ3) is 4.68. The molecule has 2 heterocycles. The van der Waals surface area contributed by atoms with Gasteiger partial charge in [-0.2, -0.15) is 0 Å². The Bertz CT molecular complexity index is 691. The van der Waals surface area contributed by atoms with E-state index in [9.17, 15) is 17.6 Å². The van der Waals surface area contributed by atoms with Crippen LogP contribution >= 0.6 is 0 Å². The lowest BCUT2D eigenvalue weighted by atomic mass is 10.1. The van der Waals surface area contributed by atoms with Crippen LogP contribution in [0.25, 0.3) is 0 Å². The summed E-state index contributed by atoms with van der Waals surface area (Å²) in [5, 5.41) is 0. The van der Waals surface area contributed by atoms with Gasteiger partial charge in [0.2, 0.25) is 10.9 Å². The first-order valence-corrected chi connectivity index (χ1v) is 9.50. The predicted octanol–water partition coefficient (Wildman–Crippen LogP) is 0.558. The molecule has 2 fully saturated rings. The number of nitrogens with zero attached hydrogens (tertiary/aromatic N) is 2. The largest absolute Gasteiger partial charge is 0.381 e. The number of amides is 1. The maximum Gasteiger partial charge on any atom is 0.256 e. The van der Waals surface area contributed by atoms with Gasteiger partial charge >= 0.3 is 0 Å². The van der Waals surface area contributed by atoms with Gasteiger partial charge in [-0.15, -0.1) is 0 Å². The molecule has 0 aromatic heterocycles. The Hall–Kier alpha value is -1.71. The van der Waals surface area contributed by atoms with E-state index in [1.54, 1.807) is 4.90 Å². The van der Waals surface area contributed by atoms with Crippen LogP contribution in [0.5, 0.6) is 0 Å². The second-order valence-electron chi connectivity index (χ2n) is 6.39. The number of carbonyl (C=O) groups is 1. The number of thiol groups is 1. The summed E-state index contributed by atoms with van der Waals surface area (Å²) < 4.78 is 42.9. The number of rotatable bonds is 5. The molecule has 0 saturated carbocycles. The van der Waals surface area contributed by atoms with Crippen LogP contribution < -0.4 is 4.72 Å². The van der Waals surface area contributed by atoms with Crippen molar-refractivity contribution in [1.29, 1.82) is 0 Å². The highest BCUT2D eigenvalue weighted by Crippen LogP contribution is 2.19. The second kappa shape index (κ2) is 8.11. The quantitative estimate of drug-likeness (QED) is 0.740. The molecule has 1 amide bonds. The van der Waals surface area contributed by atoms with Crippen LogP contribution in [-0.2, 0) is 15.6 Å². The SMILES string of the molecule is O=C(c1ccc(N[SH](=O)=O)cc1F)N1CCN(CC2CCOC2)CC1. The minimum absolute atomic E-state index is 0.0377. The van der Waals surface area contributed by atoms with Gasteiger partial charge in [0, 0.05) is 39.3 Å². The third-order valence-corrected chi connectivity index (χ3v) is 5.06. The van der Waals surface area contributed by atoms with Crippen molar-refractivity contribution < 1.29 is 22.3 Å². The molecular formula is C16H22FN3O4S. The maximum atomic E-state index is 14.1. The van der Waals surface area contributed by atoms with Gasteiger partial charge in [-0.25, -0.2) is 12.8 Å². The Kier molecular flexibility index (Phi) is 5.87. The number of benzene rings is 1. The van der Waals surface area contributed by atoms with E-state index < -0.39 is 16.7 Å². The van der Waals surface area contributed by atoms with E-state index in [2.05, 4.69) is 9.62 Å². The summed E-state index contributed by atoms with van der Waals surface area (Å²) in [6.45, 7) is 5.24. The molecule has 1 N–H and O–H groups in total. The zero-order valence-electron chi connectivity index (χ0n) is 13.8. The van der Waals surface area contributed by atoms with E-state index in [0.29, 0.717) is 19.0 Å². The van der Waals surface area contributed by atoms with Crippen LogP contribution in [0.2, 0.25) is 0 Å². The van der Waals surface area contributed by atoms with Crippen molar-refractivity contribution in [3.63, 3.8) is 0 Å². The number of hydrogen-bond acceptors (Lipinski definition) is 5. The molecule has 2 saturated heterocycles. The molecule has 0 spiro atoms. The maximum absolute atomic E-state index is 14.1. The standard InChI is InChI=1S/C16H22FN3O4S/c17-15-9-13(18-25(22)23)1-2-14(15)16(21)20-6-4-19(5-7-20)10-12-3-8-24-11-12/h1-2,9,12,25H,3-8,10-11H2,(H,18,22,23). The molecule has 0 bridgehead atoms. The lowest BCUT2D eigenvalue weighted by Gasteiger charge is -2.35. The summed E-state index contributed by atoms with van der Waals surface area (Å²) in [4.78, 5) is 16.5. The average molecular weight is 371 g/mol. The van der Waals surface area contributed by atoms with Crippen LogP contribution in [0.15, 0.2) is 18.2 Å². The molecule has 9 heteroatoms. The average Bonchev–Trinajstić information content (AvgIpc) is 3.07. The molecule has 0 radical (unpaired) electrons. The van der Waals surface area contributed by atoms with E-state index in [4.69, 9.17) is 4.74 Å². The number of ether oxygens (including phenoxy) is 1. The van der Waals surface area contributed by atoms with Crippen molar-refractivity contribution in [1.82, 2.24) is 9.80 Å². The van der Waals surface area contributed by atoms with E-state index in [0.717, 1.165) is 45.3 Å². The van der Waals surface area contributed by atoms with Crippen molar-refractivity contribution in [3.05, 3.63) is 29.6 Å². The first-order valence-electron chi connectivity index (χ1n) is 8.33. The van der Waals surface area contributed by atoms with Crippen LogP contribution in [0.1, 0.15) is 16.8 Å². The van der Waals surface area contributed by atoms with Crippen LogP contribution in [0.3, 0.4) is 0 Å². The molecule has 3 rings (SSSR count). The van der Waals surface area contributed by atoms with Gasteiger partial charge in [0.15, 0.2) is 0 Å². The summed E-state index contributed by atoms with van der Waals surface area (Å²) in [5.41, 5.74) is 0.0677. The number of hydrogen-bond donors (Lipinski definition) is 2. The van der Waals surface area contributed by atoms with Gasteiger partial charge < -0.3 is 9.64 Å². The zero-order valence-corrected chi connectivity index (χ0v) is 14.7. The highest BCUT2D eigenvalue weighted by Gasteiger charge is 2.26. The molecular weight excluding hydrogens is 349 g/mol. The highest BCUT2D eigenvalue weighted by molar-refractivity contribution is 7.73. The molecule has 2 aliphatic rings. The van der Waals surface area contributed by atoms with E-state index in [1.807, 2.05) is 0 Å². The van der Waals surface area contributed by atoms with Crippen molar-refractivity contribution in [3.8, 4) is 0 Å². The molecule has 0 aliphatic carbocycles. The summed E-state index contributed by atoms with van der Waals surface area (Å²) in [7, 11) is -2.86. The van der Waals surface area contributed by atoms with E-state index >= 15 is 0 Å². The van der Waals surface area contributed by atoms with Crippen LogP contribution in [0, 0.1) is 11.7 Å². The Morgan fingerprint density at radius 2 is 2.04 bits per heavy atom. The number of anilines is 1. The van der Waals surface area contributed by atoms with Crippen molar-refractivity contribution in [2.24, 2.45) is 5.92 Å². The fraction of sp³-hybridized carbons (Fsp3) is 0.562. The zero-order chi connectivity index (χ0) is 17.8. The fourth-order valence-electron chi connectivity index (χ4n) is 3.26. The smallest absolute Gasteiger partial charge is 0.256 e. The monoisotopic (exact) mass is 371 g/mol. The molecule has 1 aromatic rings. The Balaban J connectivity index is 1.56. The fourth-order valence-corrected chi connectivity index (χ4v) is 3.61. The third-order valence-electron chi connectivity index (χ3n) is 4.62. The van der Waals surface area contributed by atoms with Gasteiger partial charge in [-0.3, -0.25) is 14.4 Å². The lowest BCUT2D eigenvalue weighted by Crippen LogP contribution is -2.50. The van der Waals surface area contributed by atoms with Gasteiger partial charge in [-0.05, 0) is 30.5 Å². The second-order valence-corrected chi connectivity index (χ2v) is 7.12. The summed E-state index contributed by atoms with van der Waals surface area (Å²) >= 11 is 0. The number of carbonyl (C=O) groups excluding carboxylic acids is 1. The minimum atomic E-state index is -2.86. The Morgan fingerprint density at radius 3 is 2.64 bits per heavy atom. The number of halogens is 1. The Labute approximate surface area is 147 Å². The first kappa shape index (κ1) is 18.1. The van der Waals surface area contributed by atoms with Crippen LogP contribution in [-0.4, -0.2) is 70.1 Å². The molecule has 138 valence electrons. The molecule has 25 heavy (non-hydrogen) atoms. The van der Waals surface area contributed by atoms with Crippen molar-refractivity contribution in [2.45, 2.75) is 6.42 Å². The topological polar surface area (TPSA) is 79.0 Å². The Morgan fingerprint density at radius 1 is 1.28 bits per heavy atom. The number of nitrogens with one attached hydrogen (secondary N) is 1. The molecule has 2 aliphatic heterocycles. The summed E-state index contributed by atoms with van der Waals surface area (Å²) in [6, 6.07) is 3.73. The highest BCUT2D eigenvalue weighted by atomic mass is 32.2. The number of piperazine rings is 1. The van der Waals surface area contributed by atoms with E-state index in [1.165, 1.54) is 12.1 Å². The molecule has 7 nitrogen and oxygen atoms in total. The molecule has 1 aromatic carbocycles. The predicted molar refractivity (Wildman–Crippen MR) is 91.6 cm³/mol. The van der Waals surface area contributed by atoms with Gasteiger partial charge in [0.25, 0.3) is 5.91 Å². The molecule has 1 atom stereocenters. The lowest BCUT2D eigenvalue weighted by molar-refractivity contribution is 0.0607. The van der Waals surface area contributed by atoms with E-state index in [-0.39, 0.29) is 17.2 Å². The first-order chi connectivity index (χ1) is 12.0. The van der Waals surface area contributed by atoms with Gasteiger partial charge in [0.05, 0.1) is 17.9 Å². The van der Waals surface area contributed by atoms with Crippen molar-refractivity contribution >= 4 is 22.5 Å². The minimum Gasteiger partial charge on any atom is -0.381 e.